The lowest BCUT2D eigenvalue weighted by molar-refractivity contribution is 0.239. The number of H-pyrrole nitrogens is 1. The molecule has 0 radical (unpaired) electrons. The molecule has 1 aromatic carbocycles. The number of methoxy groups -OCH3 is 1. The molecule has 1 fully saturated rings. The molecule has 0 saturated carbocycles. The van der Waals surface area contributed by atoms with Crippen molar-refractivity contribution in [2.24, 2.45) is 0 Å². The molecule has 0 aliphatic carbocycles. The highest BCUT2D eigenvalue weighted by Gasteiger charge is 2.35. The number of nitrogens with zero attached hydrogens (tertiary/aromatic N) is 4. The third-order valence-corrected chi connectivity index (χ3v) is 7.97. The van der Waals surface area contributed by atoms with Gasteiger partial charge < -0.3 is 9.72 Å². The first kappa shape index (κ1) is 21.9. The Hall–Kier alpha value is -2.27. The molecule has 1 saturated heterocycles. The summed E-state index contributed by atoms with van der Waals surface area (Å²) in [7, 11) is 1.24. The van der Waals surface area contributed by atoms with Crippen LogP contribution in [-0.4, -0.2) is 72.7 Å². The summed E-state index contributed by atoms with van der Waals surface area (Å²) in [6, 6.07) is 7.98. The number of nitrogens with one attached hydrogen (secondary N) is 1. The second kappa shape index (κ2) is 8.70. The van der Waals surface area contributed by atoms with Crippen LogP contribution in [-0.2, 0) is 29.7 Å². The SMILES string of the molecule is COc1ccc(CN2CCc3c(nc([C@@H]4CCN(S(=O)(=O)N(C)C)C4)[nH]c3=O)C2)cc1. The van der Waals surface area contributed by atoms with Gasteiger partial charge in [-0.15, -0.1) is 0 Å². The standard InChI is InChI=1S/C21H29N5O4S/c1-24(2)31(28,29)26-11-8-16(13-26)20-22-19-14-25(10-9-18(19)21(27)23-20)12-15-4-6-17(30-3)7-5-15/h4-7,16H,8-14H2,1-3H3,(H,22,23,27)/t16-/m1/s1. The van der Waals surface area contributed by atoms with E-state index < -0.39 is 10.2 Å². The lowest BCUT2D eigenvalue weighted by atomic mass is 10.0. The summed E-state index contributed by atoms with van der Waals surface area (Å²) < 4.78 is 32.7. The maximum absolute atomic E-state index is 12.7. The Morgan fingerprint density at radius 2 is 1.97 bits per heavy atom. The maximum atomic E-state index is 12.7. The van der Waals surface area contributed by atoms with Crippen LogP contribution in [0.4, 0.5) is 0 Å². The van der Waals surface area contributed by atoms with Crippen molar-refractivity contribution in [3.63, 3.8) is 0 Å². The number of hydrogen-bond donors (Lipinski definition) is 1. The molecule has 10 heteroatoms. The number of rotatable bonds is 6. The highest BCUT2D eigenvalue weighted by molar-refractivity contribution is 7.86. The van der Waals surface area contributed by atoms with Gasteiger partial charge in [-0.25, -0.2) is 4.98 Å². The Labute approximate surface area is 182 Å². The smallest absolute Gasteiger partial charge is 0.281 e. The molecule has 31 heavy (non-hydrogen) atoms. The molecule has 1 aromatic heterocycles. The van der Waals surface area contributed by atoms with Gasteiger partial charge in [0.05, 0.1) is 12.8 Å². The van der Waals surface area contributed by atoms with Crippen molar-refractivity contribution in [1.29, 1.82) is 0 Å². The second-order valence-electron chi connectivity index (χ2n) is 8.32. The molecule has 0 amide bonds. The van der Waals surface area contributed by atoms with E-state index in [4.69, 9.17) is 9.72 Å². The van der Waals surface area contributed by atoms with Gasteiger partial charge in [0.15, 0.2) is 0 Å². The van der Waals surface area contributed by atoms with Gasteiger partial charge in [0.1, 0.15) is 11.6 Å². The molecule has 9 nitrogen and oxygen atoms in total. The Kier molecular flexibility index (Phi) is 6.16. The molecule has 4 rings (SSSR count). The topological polar surface area (TPSA) is 98.8 Å². The zero-order chi connectivity index (χ0) is 22.2. The van der Waals surface area contributed by atoms with Gasteiger partial charge in [-0.05, 0) is 30.5 Å². The summed E-state index contributed by atoms with van der Waals surface area (Å²) in [6.07, 6.45) is 1.30. The fourth-order valence-electron chi connectivity index (χ4n) is 4.22. The molecular weight excluding hydrogens is 418 g/mol. The fourth-order valence-corrected chi connectivity index (χ4v) is 5.39. The lowest BCUT2D eigenvalue weighted by Gasteiger charge is -2.28. The molecule has 2 aromatic rings. The third-order valence-electron chi connectivity index (χ3n) is 6.06. The van der Waals surface area contributed by atoms with Crippen LogP contribution in [0.25, 0.3) is 0 Å². The van der Waals surface area contributed by atoms with Crippen molar-refractivity contribution in [2.75, 3.05) is 40.8 Å². The quantitative estimate of drug-likeness (QED) is 0.708. The Morgan fingerprint density at radius 1 is 1.23 bits per heavy atom. The summed E-state index contributed by atoms with van der Waals surface area (Å²) in [5.74, 6) is 1.31. The summed E-state index contributed by atoms with van der Waals surface area (Å²) in [5.41, 5.74) is 2.62. The van der Waals surface area contributed by atoms with Gasteiger partial charge in [-0.3, -0.25) is 9.69 Å². The minimum atomic E-state index is -3.46. The second-order valence-corrected chi connectivity index (χ2v) is 10.5. The van der Waals surface area contributed by atoms with Crippen LogP contribution in [0.2, 0.25) is 0 Å². The molecule has 168 valence electrons. The molecule has 0 spiro atoms. The number of hydrogen-bond acceptors (Lipinski definition) is 6. The van der Waals surface area contributed by atoms with Crippen LogP contribution in [0.3, 0.4) is 0 Å². The van der Waals surface area contributed by atoms with Gasteiger partial charge in [0.2, 0.25) is 0 Å². The molecule has 3 heterocycles. The van der Waals surface area contributed by atoms with Gasteiger partial charge in [0, 0.05) is 58.3 Å². The van der Waals surface area contributed by atoms with Gasteiger partial charge >= 0.3 is 0 Å². The first-order valence-electron chi connectivity index (χ1n) is 10.4. The van der Waals surface area contributed by atoms with E-state index >= 15 is 0 Å². The van der Waals surface area contributed by atoms with Crippen LogP contribution in [0.5, 0.6) is 5.75 Å². The monoisotopic (exact) mass is 447 g/mol. The number of aromatic nitrogens is 2. The van der Waals surface area contributed by atoms with E-state index in [9.17, 15) is 13.2 Å². The van der Waals surface area contributed by atoms with Crippen molar-refractivity contribution in [1.82, 2.24) is 23.5 Å². The van der Waals surface area contributed by atoms with Gasteiger partial charge in [-0.1, -0.05) is 12.1 Å². The maximum Gasteiger partial charge on any atom is 0.281 e. The Morgan fingerprint density at radius 3 is 2.65 bits per heavy atom. The van der Waals surface area contributed by atoms with Gasteiger partial charge in [-0.2, -0.15) is 17.0 Å². The van der Waals surface area contributed by atoms with E-state index in [-0.39, 0.29) is 11.5 Å². The van der Waals surface area contributed by atoms with Crippen LogP contribution in [0.1, 0.15) is 35.0 Å². The lowest BCUT2D eigenvalue weighted by Crippen LogP contribution is -2.38. The normalized spacial score (nSPS) is 20.2. The van der Waals surface area contributed by atoms with E-state index in [2.05, 4.69) is 9.88 Å². The Balaban J connectivity index is 1.50. The Bertz CT molecular complexity index is 1100. The van der Waals surface area contributed by atoms with E-state index in [0.29, 0.717) is 38.3 Å². The summed E-state index contributed by atoms with van der Waals surface area (Å²) >= 11 is 0. The molecule has 2 aliphatic heterocycles. The molecule has 2 aliphatic rings. The zero-order valence-corrected chi connectivity index (χ0v) is 19.0. The molecule has 1 N–H and O–H groups in total. The van der Waals surface area contributed by atoms with E-state index in [0.717, 1.165) is 30.1 Å². The summed E-state index contributed by atoms with van der Waals surface area (Å²) in [6.45, 7) is 2.92. The highest BCUT2D eigenvalue weighted by Crippen LogP contribution is 2.28. The van der Waals surface area contributed by atoms with Crippen LogP contribution in [0.15, 0.2) is 29.1 Å². The van der Waals surface area contributed by atoms with Crippen molar-refractivity contribution in [2.45, 2.75) is 31.8 Å². The predicted molar refractivity (Wildman–Crippen MR) is 117 cm³/mol. The summed E-state index contributed by atoms with van der Waals surface area (Å²) in [5, 5.41) is 0. The van der Waals surface area contributed by atoms with Crippen molar-refractivity contribution >= 4 is 10.2 Å². The molecule has 0 unspecified atom stereocenters. The average molecular weight is 448 g/mol. The molecular formula is C21H29N5O4S. The van der Waals surface area contributed by atoms with E-state index in [1.807, 2.05) is 24.3 Å². The number of benzene rings is 1. The van der Waals surface area contributed by atoms with Crippen LogP contribution >= 0.6 is 0 Å². The van der Waals surface area contributed by atoms with E-state index in [1.165, 1.54) is 28.3 Å². The molecule has 0 bridgehead atoms. The first-order chi connectivity index (χ1) is 14.8. The molecule has 1 atom stereocenters. The largest absolute Gasteiger partial charge is 0.497 e. The van der Waals surface area contributed by atoms with Crippen molar-refractivity contribution in [3.8, 4) is 5.75 Å². The summed E-state index contributed by atoms with van der Waals surface area (Å²) in [4.78, 5) is 22.7. The minimum absolute atomic E-state index is 0.0991. The first-order valence-corrected chi connectivity index (χ1v) is 11.8. The van der Waals surface area contributed by atoms with Gasteiger partial charge in [0.25, 0.3) is 15.8 Å². The van der Waals surface area contributed by atoms with Crippen molar-refractivity contribution < 1.29 is 13.2 Å². The number of ether oxygens (including phenoxy) is 1. The number of aromatic amines is 1. The van der Waals surface area contributed by atoms with Crippen molar-refractivity contribution in [3.05, 3.63) is 57.3 Å². The van der Waals surface area contributed by atoms with Crippen LogP contribution < -0.4 is 10.3 Å². The average Bonchev–Trinajstić information content (AvgIpc) is 3.25. The zero-order valence-electron chi connectivity index (χ0n) is 18.2. The van der Waals surface area contributed by atoms with Crippen LogP contribution in [0, 0.1) is 0 Å². The number of fused-ring (bicyclic) bond motifs is 1. The predicted octanol–water partition coefficient (Wildman–Crippen LogP) is 0.933. The highest BCUT2D eigenvalue weighted by atomic mass is 32.2. The third kappa shape index (κ3) is 4.52. The minimum Gasteiger partial charge on any atom is -0.497 e. The van der Waals surface area contributed by atoms with E-state index in [1.54, 1.807) is 7.11 Å². The fraction of sp³-hybridized carbons (Fsp3) is 0.524.